The van der Waals surface area contributed by atoms with Crippen molar-refractivity contribution in [1.82, 2.24) is 4.90 Å². The maximum atomic E-state index is 12.5. The van der Waals surface area contributed by atoms with Crippen molar-refractivity contribution >= 4 is 55.1 Å². The number of rotatable bonds is 4. The fourth-order valence-corrected chi connectivity index (χ4v) is 5.40. The van der Waals surface area contributed by atoms with E-state index in [2.05, 4.69) is 36.6 Å². The fourth-order valence-electron chi connectivity index (χ4n) is 3.15. The van der Waals surface area contributed by atoms with Gasteiger partial charge in [-0.3, -0.25) is 9.69 Å². The van der Waals surface area contributed by atoms with Crippen molar-refractivity contribution in [2.24, 2.45) is 5.92 Å². The second-order valence-electron chi connectivity index (χ2n) is 6.37. The van der Waals surface area contributed by atoms with Gasteiger partial charge < -0.3 is 4.74 Å². The second kappa shape index (κ2) is 8.64. The normalized spacial score (nSPS) is 20.3. The molecule has 1 aromatic heterocycles. The van der Waals surface area contributed by atoms with Crippen LogP contribution in [0.4, 0.5) is 13.2 Å². The van der Waals surface area contributed by atoms with Crippen molar-refractivity contribution in [2.75, 3.05) is 13.1 Å². The average Bonchev–Trinajstić information content (AvgIpc) is 3.18. The molecule has 2 aromatic rings. The lowest BCUT2D eigenvalue weighted by molar-refractivity contribution is -0.203. The summed E-state index contributed by atoms with van der Waals surface area (Å²) in [5.74, 6) is -4.87. The van der Waals surface area contributed by atoms with E-state index < -0.39 is 24.0 Å². The highest BCUT2D eigenvalue weighted by molar-refractivity contribution is 9.13. The standard InChI is InChI=1S/C18H14Br2F3NO3S/c19-13-6-14(28-15(13)20)11-8-24(7-10-4-2-1-3-5-10)9-12(11)16(25)27-17(26)18(21,22)23/h1-6,11-12H,7-9H2. The van der Waals surface area contributed by atoms with Gasteiger partial charge in [0.2, 0.25) is 0 Å². The molecule has 0 N–H and O–H groups in total. The molecule has 150 valence electrons. The molecule has 28 heavy (non-hydrogen) atoms. The van der Waals surface area contributed by atoms with Gasteiger partial charge in [-0.25, -0.2) is 4.79 Å². The van der Waals surface area contributed by atoms with E-state index in [0.29, 0.717) is 13.1 Å². The highest BCUT2D eigenvalue weighted by Crippen LogP contribution is 2.42. The molecule has 0 spiro atoms. The van der Waals surface area contributed by atoms with Crippen LogP contribution in [0.2, 0.25) is 0 Å². The second-order valence-corrected chi connectivity index (χ2v) is 9.63. The number of ether oxygens (including phenoxy) is 1. The van der Waals surface area contributed by atoms with E-state index in [1.54, 1.807) is 0 Å². The summed E-state index contributed by atoms with van der Waals surface area (Å²) in [6.07, 6.45) is -5.21. The van der Waals surface area contributed by atoms with Gasteiger partial charge in [0.25, 0.3) is 0 Å². The molecular formula is C18H14Br2F3NO3S. The Hall–Kier alpha value is -1.23. The summed E-state index contributed by atoms with van der Waals surface area (Å²) < 4.78 is 43.2. The third-order valence-electron chi connectivity index (χ3n) is 4.40. The van der Waals surface area contributed by atoms with E-state index in [9.17, 15) is 22.8 Å². The molecular weight excluding hydrogens is 527 g/mol. The molecule has 2 heterocycles. The van der Waals surface area contributed by atoms with Crippen molar-refractivity contribution in [1.29, 1.82) is 0 Å². The van der Waals surface area contributed by atoms with Crippen LogP contribution in [0.25, 0.3) is 0 Å². The third-order valence-corrected chi connectivity index (χ3v) is 7.79. The van der Waals surface area contributed by atoms with Crippen LogP contribution in [0.3, 0.4) is 0 Å². The first kappa shape index (κ1) is 21.5. The van der Waals surface area contributed by atoms with Gasteiger partial charge in [-0.2, -0.15) is 13.2 Å². The number of halogens is 5. The Balaban J connectivity index is 1.81. The van der Waals surface area contributed by atoms with Gasteiger partial charge in [-0.15, -0.1) is 11.3 Å². The minimum absolute atomic E-state index is 0.205. The number of carbonyl (C=O) groups excluding carboxylic acids is 2. The van der Waals surface area contributed by atoms with Gasteiger partial charge in [0.05, 0.1) is 9.70 Å². The summed E-state index contributed by atoms with van der Waals surface area (Å²) in [5, 5.41) is 0. The minimum Gasteiger partial charge on any atom is -0.386 e. The number of thiophene rings is 1. The lowest BCUT2D eigenvalue weighted by atomic mass is 9.95. The zero-order valence-electron chi connectivity index (χ0n) is 14.2. The number of nitrogens with zero attached hydrogens (tertiary/aromatic N) is 1. The van der Waals surface area contributed by atoms with Gasteiger partial charge in [0.1, 0.15) is 0 Å². The first-order chi connectivity index (χ1) is 13.1. The molecule has 1 aliphatic heterocycles. The Morgan fingerprint density at radius 2 is 1.86 bits per heavy atom. The summed E-state index contributed by atoms with van der Waals surface area (Å²) in [7, 11) is 0. The lowest BCUT2D eigenvalue weighted by Gasteiger charge is -2.15. The van der Waals surface area contributed by atoms with Crippen LogP contribution in [0, 0.1) is 5.92 Å². The number of hydrogen-bond donors (Lipinski definition) is 0. The number of esters is 2. The van der Waals surface area contributed by atoms with Crippen LogP contribution in [-0.2, 0) is 20.9 Å². The third kappa shape index (κ3) is 5.03. The summed E-state index contributed by atoms with van der Waals surface area (Å²) in [6, 6.07) is 11.4. The van der Waals surface area contributed by atoms with E-state index >= 15 is 0 Å². The summed E-state index contributed by atoms with van der Waals surface area (Å²) in [4.78, 5) is 26.3. The molecule has 0 saturated carbocycles. The van der Waals surface area contributed by atoms with E-state index in [0.717, 1.165) is 18.7 Å². The number of hydrogen-bond acceptors (Lipinski definition) is 5. The molecule has 10 heteroatoms. The molecule has 2 unspecified atom stereocenters. The zero-order chi connectivity index (χ0) is 20.5. The molecule has 0 bridgehead atoms. The van der Waals surface area contributed by atoms with Gasteiger partial charge in [-0.1, -0.05) is 30.3 Å². The monoisotopic (exact) mass is 539 g/mol. The van der Waals surface area contributed by atoms with Crippen molar-refractivity contribution < 1.29 is 27.5 Å². The molecule has 3 rings (SSSR count). The van der Waals surface area contributed by atoms with Gasteiger partial charge in [0.15, 0.2) is 0 Å². The summed E-state index contributed by atoms with van der Waals surface area (Å²) in [5.41, 5.74) is 1.02. The molecule has 4 nitrogen and oxygen atoms in total. The first-order valence-electron chi connectivity index (χ1n) is 8.19. The molecule has 1 saturated heterocycles. The topological polar surface area (TPSA) is 46.6 Å². The summed E-state index contributed by atoms with van der Waals surface area (Å²) >= 11 is 8.17. The van der Waals surface area contributed by atoms with Crippen LogP contribution in [-0.4, -0.2) is 36.1 Å². The maximum Gasteiger partial charge on any atom is 0.491 e. The van der Waals surface area contributed by atoms with E-state index in [-0.39, 0.29) is 12.5 Å². The van der Waals surface area contributed by atoms with Crippen molar-refractivity contribution in [3.8, 4) is 0 Å². The van der Waals surface area contributed by atoms with Crippen LogP contribution in [0.15, 0.2) is 44.7 Å². The minimum atomic E-state index is -5.21. The Morgan fingerprint density at radius 1 is 1.18 bits per heavy atom. The number of likely N-dealkylation sites (tertiary alicyclic amines) is 1. The highest BCUT2D eigenvalue weighted by Gasteiger charge is 2.46. The average molecular weight is 541 g/mol. The van der Waals surface area contributed by atoms with E-state index in [1.165, 1.54) is 11.3 Å². The van der Waals surface area contributed by atoms with Crippen LogP contribution in [0.1, 0.15) is 16.4 Å². The smallest absolute Gasteiger partial charge is 0.386 e. The molecule has 1 aliphatic rings. The number of carbonyl (C=O) groups is 2. The highest BCUT2D eigenvalue weighted by atomic mass is 79.9. The molecule has 1 aromatic carbocycles. The van der Waals surface area contributed by atoms with E-state index in [1.807, 2.05) is 41.3 Å². The first-order valence-corrected chi connectivity index (χ1v) is 10.6. The molecule has 0 amide bonds. The Labute approximate surface area is 179 Å². The van der Waals surface area contributed by atoms with Crippen LogP contribution >= 0.6 is 43.2 Å². The van der Waals surface area contributed by atoms with E-state index in [4.69, 9.17) is 0 Å². The lowest BCUT2D eigenvalue weighted by Crippen LogP contribution is -2.33. The predicted octanol–water partition coefficient (Wildman–Crippen LogP) is 5.12. The number of benzene rings is 1. The van der Waals surface area contributed by atoms with Crippen molar-refractivity contribution in [2.45, 2.75) is 18.6 Å². The molecule has 2 atom stereocenters. The van der Waals surface area contributed by atoms with Crippen LogP contribution < -0.4 is 0 Å². The molecule has 0 aliphatic carbocycles. The van der Waals surface area contributed by atoms with Gasteiger partial charge in [-0.05, 0) is 43.5 Å². The zero-order valence-corrected chi connectivity index (χ0v) is 18.2. The molecule has 1 fully saturated rings. The Bertz CT molecular complexity index is 853. The molecule has 0 radical (unpaired) electrons. The quantitative estimate of drug-likeness (QED) is 0.399. The largest absolute Gasteiger partial charge is 0.491 e. The van der Waals surface area contributed by atoms with Gasteiger partial charge >= 0.3 is 18.1 Å². The van der Waals surface area contributed by atoms with Crippen LogP contribution in [0.5, 0.6) is 0 Å². The van der Waals surface area contributed by atoms with Gasteiger partial charge in [0, 0.05) is 34.9 Å². The summed E-state index contributed by atoms with van der Waals surface area (Å²) in [6.45, 7) is 1.22. The Morgan fingerprint density at radius 3 is 2.43 bits per heavy atom. The maximum absolute atomic E-state index is 12.5. The predicted molar refractivity (Wildman–Crippen MR) is 105 cm³/mol. The fraction of sp³-hybridized carbons (Fsp3) is 0.333. The van der Waals surface area contributed by atoms with Crippen molar-refractivity contribution in [3.63, 3.8) is 0 Å². The van der Waals surface area contributed by atoms with Crippen molar-refractivity contribution in [3.05, 3.63) is 55.1 Å². The Kier molecular flexibility index (Phi) is 6.63. The SMILES string of the molecule is O=C(OC(=O)C(F)(F)F)C1CN(Cc2ccccc2)CC1c1cc(Br)c(Br)s1. The number of alkyl halides is 3.